The molecule has 11 heteroatoms. The van der Waals surface area contributed by atoms with Gasteiger partial charge in [-0.15, -0.1) is 5.92 Å². The van der Waals surface area contributed by atoms with Gasteiger partial charge in [-0.05, 0) is 42.8 Å². The zero-order valence-electron chi connectivity index (χ0n) is 21.8. The number of alkyl halides is 3. The Balaban J connectivity index is 1.64. The van der Waals surface area contributed by atoms with E-state index in [0.29, 0.717) is 17.7 Å². The molecule has 0 fully saturated rings. The van der Waals surface area contributed by atoms with E-state index in [9.17, 15) is 27.2 Å². The molecule has 0 radical (unpaired) electrons. The molecule has 2 heterocycles. The molecule has 40 heavy (non-hydrogen) atoms. The van der Waals surface area contributed by atoms with Crippen LogP contribution in [0.4, 0.5) is 23.5 Å². The highest BCUT2D eigenvalue weighted by Crippen LogP contribution is 2.30. The molecule has 0 bridgehead atoms. The van der Waals surface area contributed by atoms with Gasteiger partial charge in [0.2, 0.25) is 5.95 Å². The van der Waals surface area contributed by atoms with E-state index in [4.69, 9.17) is 5.26 Å². The van der Waals surface area contributed by atoms with Gasteiger partial charge in [-0.25, -0.2) is 9.37 Å². The van der Waals surface area contributed by atoms with Gasteiger partial charge < -0.3 is 10.2 Å². The van der Waals surface area contributed by atoms with Gasteiger partial charge in [0.05, 0.1) is 53.1 Å². The van der Waals surface area contributed by atoms with Crippen LogP contribution in [0, 0.1) is 29.0 Å². The molecule has 1 amide bonds. The number of carbonyl (C=O) groups excluding carboxylic acids is 1. The monoisotopic (exact) mass is 551 g/mol. The number of hydrogen-bond acceptors (Lipinski definition) is 5. The number of rotatable bonds is 5. The van der Waals surface area contributed by atoms with Crippen molar-refractivity contribution in [2.75, 3.05) is 11.9 Å². The Morgan fingerprint density at radius 3 is 2.52 bits per heavy atom. The summed E-state index contributed by atoms with van der Waals surface area (Å²) in [5.41, 5.74) is 0.0118. The van der Waals surface area contributed by atoms with Gasteiger partial charge in [0.1, 0.15) is 5.82 Å². The summed E-state index contributed by atoms with van der Waals surface area (Å²) in [6.07, 6.45) is -3.65. The van der Waals surface area contributed by atoms with Gasteiger partial charge in [-0.2, -0.15) is 18.4 Å². The molecule has 0 aliphatic carbocycles. The minimum atomic E-state index is -4.45. The summed E-state index contributed by atoms with van der Waals surface area (Å²) in [6, 6.07) is 9.64. The highest BCUT2D eigenvalue weighted by Gasteiger charge is 2.31. The van der Waals surface area contributed by atoms with Crippen LogP contribution in [0.25, 0.3) is 0 Å². The van der Waals surface area contributed by atoms with Crippen molar-refractivity contribution >= 4 is 11.9 Å². The molecule has 4 rings (SSSR count). The van der Waals surface area contributed by atoms with E-state index in [1.807, 2.05) is 13.0 Å². The number of aromatic nitrogens is 2. The van der Waals surface area contributed by atoms with E-state index in [2.05, 4.69) is 22.1 Å². The quantitative estimate of drug-likeness (QED) is 0.354. The van der Waals surface area contributed by atoms with Crippen LogP contribution in [0.3, 0.4) is 0 Å². The van der Waals surface area contributed by atoms with Gasteiger partial charge in [-0.3, -0.25) is 14.2 Å². The number of halogens is 4. The molecule has 1 atom stereocenters. The summed E-state index contributed by atoms with van der Waals surface area (Å²) in [4.78, 5) is 32.7. The molecule has 3 aromatic rings. The lowest BCUT2D eigenvalue weighted by molar-refractivity contribution is -0.137. The Bertz CT molecular complexity index is 1590. The summed E-state index contributed by atoms with van der Waals surface area (Å²) in [5, 5.41) is 12.1. The molecule has 7 nitrogen and oxygen atoms in total. The van der Waals surface area contributed by atoms with Crippen molar-refractivity contribution in [1.82, 2.24) is 14.5 Å². The second kappa shape index (κ2) is 11.6. The molecule has 0 saturated carbocycles. The lowest BCUT2D eigenvalue weighted by atomic mass is 10.0. The SMILES string of the molecule is CCC#CCn1c(NC(C)c2ccc(C(F)(F)F)cc2)nc2c(c1=O)CN(C(=O)c1ccc(C#N)cc1F)CC2. The van der Waals surface area contributed by atoms with Crippen LogP contribution in [0.5, 0.6) is 0 Å². The van der Waals surface area contributed by atoms with Crippen molar-refractivity contribution in [3.05, 3.63) is 92.1 Å². The molecule has 206 valence electrons. The van der Waals surface area contributed by atoms with E-state index < -0.39 is 35.1 Å². The van der Waals surface area contributed by atoms with Crippen LogP contribution in [0.1, 0.15) is 64.6 Å². The van der Waals surface area contributed by atoms with Crippen LogP contribution in [0.15, 0.2) is 47.3 Å². The van der Waals surface area contributed by atoms with E-state index in [0.717, 1.165) is 18.2 Å². The topological polar surface area (TPSA) is 91.0 Å². The summed E-state index contributed by atoms with van der Waals surface area (Å²) in [7, 11) is 0. The van der Waals surface area contributed by atoms with Crippen molar-refractivity contribution in [3.63, 3.8) is 0 Å². The summed E-state index contributed by atoms with van der Waals surface area (Å²) >= 11 is 0. The van der Waals surface area contributed by atoms with Crippen LogP contribution < -0.4 is 10.9 Å². The van der Waals surface area contributed by atoms with Crippen LogP contribution >= 0.6 is 0 Å². The number of carbonyl (C=O) groups is 1. The number of anilines is 1. The summed E-state index contributed by atoms with van der Waals surface area (Å²) < 4.78 is 54.7. The Labute approximate surface area is 228 Å². The minimum Gasteiger partial charge on any atom is -0.349 e. The fourth-order valence-corrected chi connectivity index (χ4v) is 4.37. The third kappa shape index (κ3) is 5.99. The number of amides is 1. The van der Waals surface area contributed by atoms with Crippen molar-refractivity contribution in [2.45, 2.75) is 52.0 Å². The molecule has 0 saturated heterocycles. The fourth-order valence-electron chi connectivity index (χ4n) is 4.37. The highest BCUT2D eigenvalue weighted by atomic mass is 19.4. The summed E-state index contributed by atoms with van der Waals surface area (Å²) in [5.74, 6) is 4.58. The van der Waals surface area contributed by atoms with Crippen molar-refractivity contribution < 1.29 is 22.4 Å². The molecular weight excluding hydrogens is 526 g/mol. The van der Waals surface area contributed by atoms with E-state index in [1.165, 1.54) is 33.7 Å². The number of hydrogen-bond donors (Lipinski definition) is 1. The predicted molar refractivity (Wildman–Crippen MR) is 140 cm³/mol. The van der Waals surface area contributed by atoms with Gasteiger partial charge in [0.25, 0.3) is 11.5 Å². The third-order valence-electron chi connectivity index (χ3n) is 6.55. The van der Waals surface area contributed by atoms with Crippen molar-refractivity contribution in [1.29, 1.82) is 5.26 Å². The zero-order chi connectivity index (χ0) is 29.0. The van der Waals surface area contributed by atoms with E-state index >= 15 is 0 Å². The van der Waals surface area contributed by atoms with Gasteiger partial charge in [-0.1, -0.05) is 25.0 Å². The Kier molecular flexibility index (Phi) is 8.24. The summed E-state index contributed by atoms with van der Waals surface area (Å²) in [6.45, 7) is 3.70. The second-order valence-electron chi connectivity index (χ2n) is 9.23. The van der Waals surface area contributed by atoms with Gasteiger partial charge in [0.15, 0.2) is 0 Å². The smallest absolute Gasteiger partial charge is 0.349 e. The first kappa shape index (κ1) is 28.4. The first-order valence-corrected chi connectivity index (χ1v) is 12.5. The Morgan fingerprint density at radius 1 is 1.18 bits per heavy atom. The van der Waals surface area contributed by atoms with E-state index in [-0.39, 0.29) is 48.7 Å². The lowest BCUT2D eigenvalue weighted by Gasteiger charge is -2.29. The van der Waals surface area contributed by atoms with Crippen LogP contribution in [0.2, 0.25) is 0 Å². The Hall–Kier alpha value is -4.64. The molecule has 1 aliphatic heterocycles. The first-order valence-electron chi connectivity index (χ1n) is 12.5. The molecule has 1 aromatic heterocycles. The first-order chi connectivity index (χ1) is 19.0. The number of fused-ring (bicyclic) bond motifs is 1. The van der Waals surface area contributed by atoms with Crippen molar-refractivity contribution in [2.24, 2.45) is 0 Å². The molecule has 0 spiro atoms. The molecule has 1 aliphatic rings. The standard InChI is InChI=1S/C29H25F4N5O2/c1-3-4-5-13-38-27(40)23-17-37(26(39)22-11-6-19(16-34)15-24(22)30)14-12-25(23)36-28(38)35-18(2)20-7-9-21(10-8-20)29(31,32)33/h6-11,15,18H,3,12-14,17H2,1-2H3,(H,35,36). The number of nitrogens with zero attached hydrogens (tertiary/aromatic N) is 4. The molecule has 1 unspecified atom stereocenters. The van der Waals surface area contributed by atoms with E-state index in [1.54, 1.807) is 6.92 Å². The molecule has 2 aromatic carbocycles. The van der Waals surface area contributed by atoms with Crippen LogP contribution in [-0.4, -0.2) is 26.9 Å². The number of benzene rings is 2. The Morgan fingerprint density at radius 2 is 1.90 bits per heavy atom. The maximum atomic E-state index is 14.5. The van der Waals surface area contributed by atoms with Crippen molar-refractivity contribution in [3.8, 4) is 17.9 Å². The predicted octanol–water partition coefficient (Wildman–Crippen LogP) is 5.06. The largest absolute Gasteiger partial charge is 0.416 e. The second-order valence-corrected chi connectivity index (χ2v) is 9.23. The number of nitrogens with one attached hydrogen (secondary N) is 1. The third-order valence-corrected chi connectivity index (χ3v) is 6.55. The molecule has 1 N–H and O–H groups in total. The zero-order valence-corrected chi connectivity index (χ0v) is 21.8. The van der Waals surface area contributed by atoms with Crippen LogP contribution in [-0.2, 0) is 25.7 Å². The fraction of sp³-hybridized carbons (Fsp3) is 0.310. The minimum absolute atomic E-state index is 0.00716. The molecular formula is C29H25F4N5O2. The van der Waals surface area contributed by atoms with Gasteiger partial charge in [0, 0.05) is 19.4 Å². The average Bonchev–Trinajstić information content (AvgIpc) is 2.93. The highest BCUT2D eigenvalue weighted by molar-refractivity contribution is 5.94. The number of nitriles is 1. The maximum Gasteiger partial charge on any atom is 0.416 e. The average molecular weight is 552 g/mol. The van der Waals surface area contributed by atoms with Gasteiger partial charge >= 0.3 is 6.18 Å². The normalized spacial score (nSPS) is 13.5. The lowest BCUT2D eigenvalue weighted by Crippen LogP contribution is -2.42. The maximum absolute atomic E-state index is 14.5.